The highest BCUT2D eigenvalue weighted by atomic mass is 19.4. The predicted molar refractivity (Wildman–Crippen MR) is 137 cm³/mol. The zero-order valence-electron chi connectivity index (χ0n) is 21.6. The van der Waals surface area contributed by atoms with Gasteiger partial charge in [0.05, 0.1) is 5.56 Å². The Hall–Kier alpha value is -3.19. The molecule has 1 aliphatic carbocycles. The van der Waals surface area contributed by atoms with Crippen LogP contribution in [-0.4, -0.2) is 51.1 Å². The van der Waals surface area contributed by atoms with E-state index in [1.807, 2.05) is 10.6 Å². The van der Waals surface area contributed by atoms with Crippen molar-refractivity contribution in [3.8, 4) is 6.07 Å². The Labute approximate surface area is 215 Å². The number of benzene rings is 1. The van der Waals surface area contributed by atoms with Crippen LogP contribution in [0.15, 0.2) is 24.3 Å². The van der Waals surface area contributed by atoms with E-state index in [1.165, 1.54) is 31.4 Å². The molecule has 2 heterocycles. The molecule has 1 aromatic carbocycles. The molecule has 0 amide bonds. The first-order valence-corrected chi connectivity index (χ1v) is 12.9. The number of imidazole rings is 1. The smallest absolute Gasteiger partial charge is 0.368 e. The van der Waals surface area contributed by atoms with Crippen molar-refractivity contribution in [1.82, 2.24) is 24.4 Å². The third kappa shape index (κ3) is 6.77. The van der Waals surface area contributed by atoms with Crippen molar-refractivity contribution in [3.05, 3.63) is 47.0 Å². The van der Waals surface area contributed by atoms with E-state index >= 15 is 0 Å². The summed E-state index contributed by atoms with van der Waals surface area (Å²) in [5.41, 5.74) is 1.14. The Morgan fingerprint density at radius 2 is 1.89 bits per heavy atom. The highest BCUT2D eigenvalue weighted by Gasteiger charge is 2.30. The van der Waals surface area contributed by atoms with Crippen LogP contribution in [-0.2, 0) is 19.1 Å². The fourth-order valence-corrected chi connectivity index (χ4v) is 4.78. The van der Waals surface area contributed by atoms with Crippen molar-refractivity contribution in [2.75, 3.05) is 32.0 Å². The number of fused-ring (bicyclic) bond motifs is 1. The van der Waals surface area contributed by atoms with Gasteiger partial charge in [-0.1, -0.05) is 45.2 Å². The first-order chi connectivity index (χ1) is 17.6. The van der Waals surface area contributed by atoms with E-state index < -0.39 is 11.7 Å². The fraction of sp³-hybridized carbons (Fsp3) is 0.556. The van der Waals surface area contributed by atoms with Gasteiger partial charge in [0.1, 0.15) is 17.4 Å². The molecule has 198 valence electrons. The molecule has 0 radical (unpaired) electrons. The summed E-state index contributed by atoms with van der Waals surface area (Å²) in [6.07, 6.45) is 1.02. The number of likely N-dealkylation sites (N-methyl/N-ethyl adjacent to an activating group) is 1. The SMILES string of the molecule is CC(C)CN(C)CCc1nc2nc(C#N)nc(NCCC3CCC3)c2n1Cc1ccc(C(F)(F)F)cc1. The quantitative estimate of drug-likeness (QED) is 0.365. The van der Waals surface area contributed by atoms with Gasteiger partial charge >= 0.3 is 6.18 Å². The molecule has 10 heteroatoms. The summed E-state index contributed by atoms with van der Waals surface area (Å²) in [4.78, 5) is 15.8. The minimum Gasteiger partial charge on any atom is -0.368 e. The summed E-state index contributed by atoms with van der Waals surface area (Å²) in [5, 5.41) is 12.9. The Balaban J connectivity index is 1.69. The van der Waals surface area contributed by atoms with Gasteiger partial charge in [0.25, 0.3) is 0 Å². The third-order valence-corrected chi connectivity index (χ3v) is 6.87. The molecule has 37 heavy (non-hydrogen) atoms. The maximum atomic E-state index is 13.1. The van der Waals surface area contributed by atoms with Gasteiger partial charge in [-0.15, -0.1) is 0 Å². The van der Waals surface area contributed by atoms with E-state index in [9.17, 15) is 18.4 Å². The Kier molecular flexibility index (Phi) is 8.32. The topological polar surface area (TPSA) is 82.7 Å². The van der Waals surface area contributed by atoms with E-state index in [0.717, 1.165) is 44.0 Å². The summed E-state index contributed by atoms with van der Waals surface area (Å²) >= 11 is 0. The van der Waals surface area contributed by atoms with Crippen molar-refractivity contribution in [3.63, 3.8) is 0 Å². The lowest BCUT2D eigenvalue weighted by Crippen LogP contribution is -2.26. The number of hydrogen-bond donors (Lipinski definition) is 1. The first-order valence-electron chi connectivity index (χ1n) is 12.9. The summed E-state index contributed by atoms with van der Waals surface area (Å²) in [6, 6.07) is 7.23. The number of nitrogens with zero attached hydrogens (tertiary/aromatic N) is 6. The van der Waals surface area contributed by atoms with Crippen LogP contribution in [0.3, 0.4) is 0 Å². The van der Waals surface area contributed by atoms with Crippen LogP contribution in [0.25, 0.3) is 11.2 Å². The second kappa shape index (κ2) is 11.5. The van der Waals surface area contributed by atoms with Gasteiger partial charge in [0.2, 0.25) is 5.82 Å². The third-order valence-electron chi connectivity index (χ3n) is 6.87. The zero-order chi connectivity index (χ0) is 26.6. The van der Waals surface area contributed by atoms with Gasteiger partial charge in [0, 0.05) is 32.6 Å². The molecule has 3 aromatic rings. The molecule has 1 N–H and O–H groups in total. The Bertz CT molecular complexity index is 1240. The molecular formula is C27H34F3N7. The van der Waals surface area contributed by atoms with Crippen LogP contribution >= 0.6 is 0 Å². The largest absolute Gasteiger partial charge is 0.416 e. The number of hydrogen-bond acceptors (Lipinski definition) is 6. The van der Waals surface area contributed by atoms with Crippen LogP contribution < -0.4 is 5.32 Å². The molecule has 1 aliphatic rings. The molecule has 0 saturated heterocycles. The van der Waals surface area contributed by atoms with Crippen molar-refractivity contribution < 1.29 is 13.2 Å². The average Bonchev–Trinajstić information content (AvgIpc) is 3.15. The molecule has 7 nitrogen and oxygen atoms in total. The van der Waals surface area contributed by atoms with Crippen molar-refractivity contribution in [2.24, 2.45) is 11.8 Å². The minimum atomic E-state index is -4.38. The van der Waals surface area contributed by atoms with E-state index in [-0.39, 0.29) is 5.82 Å². The second-order valence-electron chi connectivity index (χ2n) is 10.4. The summed E-state index contributed by atoms with van der Waals surface area (Å²) < 4.78 is 41.3. The van der Waals surface area contributed by atoms with Crippen LogP contribution in [0.5, 0.6) is 0 Å². The lowest BCUT2D eigenvalue weighted by molar-refractivity contribution is -0.137. The molecular weight excluding hydrogens is 479 g/mol. The molecule has 4 rings (SSSR count). The molecule has 1 fully saturated rings. The number of anilines is 1. The molecule has 1 saturated carbocycles. The van der Waals surface area contributed by atoms with E-state index in [2.05, 4.69) is 41.1 Å². The normalized spacial score (nSPS) is 14.4. The second-order valence-corrected chi connectivity index (χ2v) is 10.4. The highest BCUT2D eigenvalue weighted by molar-refractivity contribution is 5.84. The summed E-state index contributed by atoms with van der Waals surface area (Å²) in [7, 11) is 2.06. The molecule has 0 unspecified atom stereocenters. The lowest BCUT2D eigenvalue weighted by Gasteiger charge is -2.25. The van der Waals surface area contributed by atoms with Crippen LogP contribution in [0.1, 0.15) is 62.3 Å². The van der Waals surface area contributed by atoms with Gasteiger partial charge in [-0.2, -0.15) is 28.4 Å². The molecule has 0 aliphatic heterocycles. The maximum absolute atomic E-state index is 13.1. The maximum Gasteiger partial charge on any atom is 0.416 e. The summed E-state index contributed by atoms with van der Waals surface area (Å²) in [6.45, 7) is 7.07. The van der Waals surface area contributed by atoms with Crippen molar-refractivity contribution >= 4 is 17.0 Å². The van der Waals surface area contributed by atoms with Crippen molar-refractivity contribution in [2.45, 2.75) is 58.7 Å². The number of alkyl halides is 3. The fourth-order valence-electron chi connectivity index (χ4n) is 4.78. The van der Waals surface area contributed by atoms with Gasteiger partial charge in [-0.25, -0.2) is 4.98 Å². The van der Waals surface area contributed by atoms with Crippen molar-refractivity contribution in [1.29, 1.82) is 5.26 Å². The van der Waals surface area contributed by atoms with Crippen LogP contribution in [0.4, 0.5) is 19.0 Å². The lowest BCUT2D eigenvalue weighted by atomic mass is 9.83. The summed E-state index contributed by atoms with van der Waals surface area (Å²) in [5.74, 6) is 2.58. The number of rotatable bonds is 11. The molecule has 2 aromatic heterocycles. The van der Waals surface area contributed by atoms with Crippen LogP contribution in [0.2, 0.25) is 0 Å². The van der Waals surface area contributed by atoms with Gasteiger partial charge < -0.3 is 14.8 Å². The zero-order valence-corrected chi connectivity index (χ0v) is 21.6. The van der Waals surface area contributed by atoms with Gasteiger partial charge in [0.15, 0.2) is 11.5 Å². The number of nitriles is 1. The average molecular weight is 514 g/mol. The number of nitrogens with one attached hydrogen (secondary N) is 1. The number of aromatic nitrogens is 4. The van der Waals surface area contributed by atoms with Crippen LogP contribution in [0, 0.1) is 23.2 Å². The molecule has 0 atom stereocenters. The van der Waals surface area contributed by atoms with E-state index in [1.54, 1.807) is 0 Å². The predicted octanol–water partition coefficient (Wildman–Crippen LogP) is 5.50. The Morgan fingerprint density at radius 1 is 1.16 bits per heavy atom. The Morgan fingerprint density at radius 3 is 2.49 bits per heavy atom. The molecule has 0 spiro atoms. The van der Waals surface area contributed by atoms with Gasteiger partial charge in [-0.05, 0) is 43.0 Å². The highest BCUT2D eigenvalue weighted by Crippen LogP contribution is 2.31. The van der Waals surface area contributed by atoms with Gasteiger partial charge in [-0.3, -0.25) is 0 Å². The monoisotopic (exact) mass is 513 g/mol. The first kappa shape index (κ1) is 26.9. The van der Waals surface area contributed by atoms with E-state index in [0.29, 0.717) is 47.3 Å². The minimum absolute atomic E-state index is 0.0429. The molecule has 0 bridgehead atoms. The standard InChI is InChI=1S/C27H34F3N7/c1-18(2)16-36(3)14-12-23-35-26-24(37(23)17-20-7-9-21(10-8-20)27(28,29)30)25(33-22(15-31)34-26)32-13-11-19-5-4-6-19/h7-10,18-19H,4-6,11-14,16-17H2,1-3H3,(H,32,33,34). The number of halogens is 3. The van der Waals surface area contributed by atoms with E-state index in [4.69, 9.17) is 4.98 Å².